The molecule has 1 fully saturated rings. The Labute approximate surface area is 153 Å². The first-order chi connectivity index (χ1) is 11.9. The molecular weight excluding hydrogens is 316 g/mol. The number of epoxide rings is 1. The molecule has 144 valence electrons. The van der Waals surface area contributed by atoms with Crippen LogP contribution in [-0.4, -0.2) is 31.1 Å². The van der Waals surface area contributed by atoms with Gasteiger partial charge in [-0.25, -0.2) is 0 Å². The molecule has 2 atom stereocenters. The van der Waals surface area contributed by atoms with Crippen LogP contribution in [0.3, 0.4) is 0 Å². The van der Waals surface area contributed by atoms with Crippen molar-refractivity contribution in [3.05, 3.63) is 12.2 Å². The van der Waals surface area contributed by atoms with E-state index >= 15 is 0 Å². The highest BCUT2D eigenvalue weighted by molar-refractivity contribution is 5.95. The quantitative estimate of drug-likeness (QED) is 0.191. The minimum Gasteiger partial charge on any atom is -0.469 e. The van der Waals surface area contributed by atoms with Gasteiger partial charge >= 0.3 is 5.97 Å². The molecule has 4 nitrogen and oxygen atoms in total. The van der Waals surface area contributed by atoms with Crippen molar-refractivity contribution in [1.29, 1.82) is 0 Å². The van der Waals surface area contributed by atoms with E-state index in [1.165, 1.54) is 20.0 Å². The van der Waals surface area contributed by atoms with Crippen molar-refractivity contribution >= 4 is 11.8 Å². The summed E-state index contributed by atoms with van der Waals surface area (Å²) in [7, 11) is 1.44. The lowest BCUT2D eigenvalue weighted by atomic mass is 9.87. The molecule has 0 aliphatic carbocycles. The van der Waals surface area contributed by atoms with Crippen LogP contribution in [0.5, 0.6) is 0 Å². The molecule has 2 unspecified atom stereocenters. The lowest BCUT2D eigenvalue weighted by Crippen LogP contribution is -2.25. The molecule has 4 heteroatoms. The number of carbonyl (C=O) groups excluding carboxylic acids is 2. The molecule has 1 aliphatic rings. The van der Waals surface area contributed by atoms with Gasteiger partial charge in [0.25, 0.3) is 0 Å². The number of ketones is 1. The zero-order valence-corrected chi connectivity index (χ0v) is 16.5. The number of hydrogen-bond donors (Lipinski definition) is 0. The Morgan fingerprint density at radius 2 is 1.80 bits per heavy atom. The number of carbonyl (C=O) groups is 2. The fraction of sp³-hybridized carbons (Fsp3) is 0.810. The van der Waals surface area contributed by atoms with Gasteiger partial charge in [-0.05, 0) is 45.6 Å². The van der Waals surface area contributed by atoms with E-state index in [9.17, 15) is 9.59 Å². The predicted molar refractivity (Wildman–Crippen MR) is 100 cm³/mol. The summed E-state index contributed by atoms with van der Waals surface area (Å²) >= 11 is 0. The van der Waals surface area contributed by atoms with Gasteiger partial charge in [0, 0.05) is 0 Å². The molecule has 25 heavy (non-hydrogen) atoms. The number of esters is 1. The van der Waals surface area contributed by atoms with E-state index < -0.39 is 0 Å². The van der Waals surface area contributed by atoms with Crippen LogP contribution in [-0.2, 0) is 19.1 Å². The van der Waals surface area contributed by atoms with E-state index in [1.807, 2.05) is 19.9 Å². The monoisotopic (exact) mass is 352 g/mol. The second-order valence-electron chi connectivity index (χ2n) is 7.72. The van der Waals surface area contributed by atoms with Crippen molar-refractivity contribution in [1.82, 2.24) is 0 Å². The van der Waals surface area contributed by atoms with Gasteiger partial charge in [-0.2, -0.15) is 0 Å². The third-order valence-electron chi connectivity index (χ3n) is 4.90. The zero-order valence-electron chi connectivity index (χ0n) is 16.5. The summed E-state index contributed by atoms with van der Waals surface area (Å²) in [5.74, 6) is -0.00874. The molecular formula is C21H36O4. The molecule has 0 aromatic carbocycles. The van der Waals surface area contributed by atoms with E-state index in [4.69, 9.17) is 9.47 Å². The van der Waals surface area contributed by atoms with Gasteiger partial charge in [-0.1, -0.05) is 51.5 Å². The highest BCUT2D eigenvalue weighted by Crippen LogP contribution is 2.28. The lowest BCUT2D eigenvalue weighted by Gasteiger charge is -2.20. The summed E-state index contributed by atoms with van der Waals surface area (Å²) in [6.07, 6.45) is 14.4. The van der Waals surface area contributed by atoms with Gasteiger partial charge in [0.15, 0.2) is 5.78 Å². The van der Waals surface area contributed by atoms with E-state index in [0.29, 0.717) is 0 Å². The minimum absolute atomic E-state index is 0.126. The molecule has 1 saturated heterocycles. The van der Waals surface area contributed by atoms with Crippen LogP contribution in [0.1, 0.15) is 85.0 Å². The Hall–Kier alpha value is -1.16. The first-order valence-electron chi connectivity index (χ1n) is 9.86. The third-order valence-corrected chi connectivity index (χ3v) is 4.90. The van der Waals surface area contributed by atoms with E-state index in [-0.39, 0.29) is 29.4 Å². The normalized spacial score (nSPS) is 20.0. The molecule has 0 N–H and O–H groups in total. The first-order valence-corrected chi connectivity index (χ1v) is 9.86. The van der Waals surface area contributed by atoms with Crippen molar-refractivity contribution in [2.24, 2.45) is 5.41 Å². The minimum atomic E-state index is -0.390. The van der Waals surface area contributed by atoms with Crippen LogP contribution in [0, 0.1) is 5.41 Å². The second kappa shape index (κ2) is 11.5. The van der Waals surface area contributed by atoms with E-state index in [0.717, 1.165) is 51.4 Å². The first kappa shape index (κ1) is 21.9. The second-order valence-corrected chi connectivity index (χ2v) is 7.72. The highest BCUT2D eigenvalue weighted by Gasteiger charge is 2.42. The summed E-state index contributed by atoms with van der Waals surface area (Å²) in [6, 6.07) is 0. The van der Waals surface area contributed by atoms with Gasteiger partial charge in [0.05, 0.1) is 18.6 Å². The molecule has 0 aromatic rings. The summed E-state index contributed by atoms with van der Waals surface area (Å²) in [4.78, 5) is 23.5. The fourth-order valence-corrected chi connectivity index (χ4v) is 3.06. The summed E-state index contributed by atoms with van der Waals surface area (Å²) in [6.45, 7) is 6.05. The van der Waals surface area contributed by atoms with E-state index in [2.05, 4.69) is 6.92 Å². The number of ether oxygens (including phenoxy) is 2. The maximum atomic E-state index is 11.9. The average molecular weight is 353 g/mol. The topological polar surface area (TPSA) is 55.9 Å². The summed E-state index contributed by atoms with van der Waals surface area (Å²) in [5.41, 5.74) is -0.390. The number of rotatable bonds is 14. The molecule has 0 radical (unpaired) electrons. The Balaban J connectivity index is 2.02. The Morgan fingerprint density at radius 1 is 1.08 bits per heavy atom. The standard InChI is InChI=1S/C21H36O4/c1-5-6-11-15-18-19(25-18)17(22)14-12-9-7-8-10-13-16-21(2,3)20(23)24-4/h12,14,18-19H,5-11,13,15-16H2,1-4H3/b14-12-. The maximum Gasteiger partial charge on any atom is 0.311 e. The van der Waals surface area contributed by atoms with Gasteiger partial charge in [0.2, 0.25) is 0 Å². The van der Waals surface area contributed by atoms with Crippen LogP contribution in [0.4, 0.5) is 0 Å². The molecule has 0 amide bonds. The highest BCUT2D eigenvalue weighted by atomic mass is 16.6. The maximum absolute atomic E-state index is 11.9. The predicted octanol–water partition coefficient (Wildman–Crippen LogP) is 5.00. The number of allylic oxidation sites excluding steroid dienone is 1. The van der Waals surface area contributed by atoms with Gasteiger partial charge in [-0.3, -0.25) is 9.59 Å². The molecule has 1 aliphatic heterocycles. The third kappa shape index (κ3) is 8.66. The summed E-state index contributed by atoms with van der Waals surface area (Å²) in [5, 5.41) is 0. The molecule has 1 heterocycles. The van der Waals surface area contributed by atoms with Gasteiger partial charge < -0.3 is 9.47 Å². The van der Waals surface area contributed by atoms with Crippen LogP contribution in [0.2, 0.25) is 0 Å². The molecule has 1 rings (SSSR count). The van der Waals surface area contributed by atoms with Gasteiger partial charge in [0.1, 0.15) is 6.10 Å². The fourth-order valence-electron chi connectivity index (χ4n) is 3.06. The Kier molecular flexibility index (Phi) is 10.0. The number of hydrogen-bond acceptors (Lipinski definition) is 4. The average Bonchev–Trinajstić information content (AvgIpc) is 3.36. The smallest absolute Gasteiger partial charge is 0.311 e. The van der Waals surface area contributed by atoms with Crippen LogP contribution in [0.15, 0.2) is 12.2 Å². The van der Waals surface area contributed by atoms with Crippen molar-refractivity contribution in [3.8, 4) is 0 Å². The van der Waals surface area contributed by atoms with E-state index in [1.54, 1.807) is 6.08 Å². The number of unbranched alkanes of at least 4 members (excludes halogenated alkanes) is 6. The van der Waals surface area contributed by atoms with Crippen molar-refractivity contribution in [2.45, 2.75) is 97.2 Å². The molecule has 0 spiro atoms. The lowest BCUT2D eigenvalue weighted by molar-refractivity contribution is -0.151. The SMILES string of the molecule is CCCCCC1OC1C(=O)/C=C\CCCCCCC(C)(C)C(=O)OC. The Morgan fingerprint density at radius 3 is 2.48 bits per heavy atom. The van der Waals surface area contributed by atoms with Crippen molar-refractivity contribution in [2.75, 3.05) is 7.11 Å². The largest absolute Gasteiger partial charge is 0.469 e. The summed E-state index contributed by atoms with van der Waals surface area (Å²) < 4.78 is 10.3. The van der Waals surface area contributed by atoms with Crippen LogP contribution >= 0.6 is 0 Å². The molecule has 0 aromatic heterocycles. The Bertz CT molecular complexity index is 439. The molecule has 0 saturated carbocycles. The van der Waals surface area contributed by atoms with Crippen LogP contribution < -0.4 is 0 Å². The molecule has 0 bridgehead atoms. The number of methoxy groups -OCH3 is 1. The van der Waals surface area contributed by atoms with Gasteiger partial charge in [-0.15, -0.1) is 0 Å². The van der Waals surface area contributed by atoms with Crippen molar-refractivity contribution in [3.63, 3.8) is 0 Å². The van der Waals surface area contributed by atoms with Crippen molar-refractivity contribution < 1.29 is 19.1 Å². The van der Waals surface area contributed by atoms with Crippen LogP contribution in [0.25, 0.3) is 0 Å². The zero-order chi connectivity index (χ0) is 18.7.